The maximum Gasteiger partial charge on any atom is 0.310 e. The van der Waals surface area contributed by atoms with Crippen molar-refractivity contribution in [3.05, 3.63) is 71.6 Å². The van der Waals surface area contributed by atoms with Gasteiger partial charge < -0.3 is 10.1 Å². The number of nitrogens with one attached hydrogen (secondary N) is 1. The summed E-state index contributed by atoms with van der Waals surface area (Å²) in [4.78, 5) is 23.8. The topological polar surface area (TPSA) is 86.1 Å². The van der Waals surface area contributed by atoms with Crippen LogP contribution in [0.2, 0.25) is 0 Å². The van der Waals surface area contributed by atoms with Crippen molar-refractivity contribution in [2.75, 3.05) is 6.54 Å². The maximum absolute atomic E-state index is 12.5. The number of fused-ring (bicyclic) bond motifs is 1. The average molecular weight is 435 g/mol. The normalized spacial score (nSPS) is 25.3. The summed E-state index contributed by atoms with van der Waals surface area (Å²) in [5.74, 6) is 0.133. The average Bonchev–Trinajstić information content (AvgIpc) is 3.28. The number of carbonyl (C=O) groups excluding carboxylic acids is 2. The van der Waals surface area contributed by atoms with Crippen LogP contribution in [0.25, 0.3) is 0 Å². The van der Waals surface area contributed by atoms with Gasteiger partial charge >= 0.3 is 5.97 Å². The molecule has 0 amide bonds. The third kappa shape index (κ3) is 5.40. The van der Waals surface area contributed by atoms with Crippen LogP contribution in [-0.2, 0) is 27.4 Å². The summed E-state index contributed by atoms with van der Waals surface area (Å²) in [5, 5.41) is 11.8. The molecule has 0 unspecified atom stereocenters. The van der Waals surface area contributed by atoms with E-state index >= 15 is 0 Å². The molecule has 1 fully saturated rings. The summed E-state index contributed by atoms with van der Waals surface area (Å²) in [6.07, 6.45) is 9.10. The number of hydrogen-bond donors (Lipinski definition) is 1. The molecule has 4 rings (SSSR count). The van der Waals surface area contributed by atoms with E-state index in [1.165, 1.54) is 5.56 Å². The minimum Gasteiger partial charge on any atom is -0.462 e. The van der Waals surface area contributed by atoms with Crippen LogP contribution in [0.5, 0.6) is 0 Å². The minimum atomic E-state index is -0.182. The van der Waals surface area contributed by atoms with Gasteiger partial charge in [-0.3, -0.25) is 9.59 Å². The van der Waals surface area contributed by atoms with Gasteiger partial charge in [-0.2, -0.15) is 0 Å². The molecule has 1 aromatic carbocycles. The molecule has 2 heterocycles. The summed E-state index contributed by atoms with van der Waals surface area (Å²) in [5.41, 5.74) is 3.16. The molecule has 1 aromatic heterocycles. The number of benzene rings is 1. The van der Waals surface area contributed by atoms with Crippen molar-refractivity contribution in [2.24, 2.45) is 17.8 Å². The fourth-order valence-corrected chi connectivity index (χ4v) is 4.56. The molecule has 4 atom stereocenters. The molecule has 7 nitrogen and oxygen atoms in total. The first-order valence-electron chi connectivity index (χ1n) is 11.2. The van der Waals surface area contributed by atoms with Gasteiger partial charge in [0.25, 0.3) is 0 Å². The van der Waals surface area contributed by atoms with Crippen LogP contribution >= 0.6 is 0 Å². The van der Waals surface area contributed by atoms with E-state index in [9.17, 15) is 9.59 Å². The van der Waals surface area contributed by atoms with Crippen molar-refractivity contribution in [1.29, 1.82) is 0 Å². The second kappa shape index (κ2) is 10.0. The van der Waals surface area contributed by atoms with Gasteiger partial charge in [-0.05, 0) is 42.9 Å². The number of rotatable bonds is 8. The number of ketones is 1. The summed E-state index contributed by atoms with van der Waals surface area (Å²) < 4.78 is 7.56. The highest BCUT2D eigenvalue weighted by Crippen LogP contribution is 2.39. The zero-order valence-corrected chi connectivity index (χ0v) is 18.6. The largest absolute Gasteiger partial charge is 0.462 e. The first-order chi connectivity index (χ1) is 15.5. The van der Waals surface area contributed by atoms with Gasteiger partial charge in [-0.15, -0.1) is 5.10 Å². The molecule has 2 aliphatic rings. The third-order valence-corrected chi connectivity index (χ3v) is 6.30. The van der Waals surface area contributed by atoms with Crippen LogP contribution in [0.15, 0.2) is 60.3 Å². The molecule has 0 radical (unpaired) electrons. The Labute approximate surface area is 188 Å². The summed E-state index contributed by atoms with van der Waals surface area (Å²) in [7, 11) is 0. The Morgan fingerprint density at radius 3 is 2.91 bits per heavy atom. The van der Waals surface area contributed by atoms with E-state index in [2.05, 4.69) is 40.8 Å². The zero-order chi connectivity index (χ0) is 22.5. The van der Waals surface area contributed by atoms with Crippen LogP contribution in [-0.4, -0.2) is 39.4 Å². The standard InChI is InChI=1S/C25H30N4O3/c1-17-12-24-22(11-10-20(17)9-8-18(2)30)23(25(31)32-24)14-26-13-21-16-29(28-27-21)15-19-6-4-3-5-7-19/h3-10,16-17,22-24,26H,11-15H2,1-2H3/b9-8+/t17-,22+,23+,24+/m0/s1. The summed E-state index contributed by atoms with van der Waals surface area (Å²) in [6.45, 7) is 5.45. The zero-order valence-electron chi connectivity index (χ0n) is 18.6. The molecule has 1 saturated heterocycles. The van der Waals surface area contributed by atoms with E-state index in [0.29, 0.717) is 19.6 Å². The Kier molecular flexibility index (Phi) is 6.95. The maximum atomic E-state index is 12.5. The number of ether oxygens (including phenoxy) is 1. The SMILES string of the molecule is CC(=O)/C=C/C1=CC[C@H]2[C@@H](C[C@@H]1C)OC(=O)[C@@H]2CNCc1cn(Cc2ccccc2)nn1. The Bertz CT molecular complexity index is 1010. The van der Waals surface area contributed by atoms with E-state index in [0.717, 1.165) is 24.1 Å². The Morgan fingerprint density at radius 2 is 2.12 bits per heavy atom. The van der Waals surface area contributed by atoms with E-state index in [4.69, 9.17) is 4.74 Å². The first kappa shape index (κ1) is 22.1. The molecular formula is C25H30N4O3. The second-order valence-electron chi connectivity index (χ2n) is 8.79. The van der Waals surface area contributed by atoms with Crippen LogP contribution < -0.4 is 5.32 Å². The quantitative estimate of drug-likeness (QED) is 0.508. The van der Waals surface area contributed by atoms with Gasteiger partial charge in [0, 0.05) is 19.0 Å². The van der Waals surface area contributed by atoms with E-state index in [1.807, 2.05) is 35.2 Å². The lowest BCUT2D eigenvalue weighted by molar-refractivity contribution is -0.144. The minimum absolute atomic E-state index is 0.0387. The number of esters is 1. The third-order valence-electron chi connectivity index (χ3n) is 6.30. The first-order valence-corrected chi connectivity index (χ1v) is 11.2. The van der Waals surface area contributed by atoms with Crippen LogP contribution in [0.3, 0.4) is 0 Å². The van der Waals surface area contributed by atoms with Crippen molar-refractivity contribution in [1.82, 2.24) is 20.3 Å². The number of allylic oxidation sites excluding steroid dienone is 4. The monoisotopic (exact) mass is 434 g/mol. The van der Waals surface area contributed by atoms with Crippen molar-refractivity contribution in [3.8, 4) is 0 Å². The Hall–Kier alpha value is -3.06. The molecular weight excluding hydrogens is 404 g/mol. The highest BCUT2D eigenvalue weighted by atomic mass is 16.6. The van der Waals surface area contributed by atoms with Crippen molar-refractivity contribution >= 4 is 11.8 Å². The molecule has 0 bridgehead atoms. The van der Waals surface area contributed by atoms with Gasteiger partial charge in [-0.1, -0.05) is 54.6 Å². The predicted octanol–water partition coefficient (Wildman–Crippen LogP) is 3.08. The molecule has 0 saturated carbocycles. The highest BCUT2D eigenvalue weighted by Gasteiger charge is 2.45. The highest BCUT2D eigenvalue weighted by molar-refractivity contribution is 5.87. The molecule has 1 N–H and O–H groups in total. The molecule has 7 heteroatoms. The van der Waals surface area contributed by atoms with Crippen molar-refractivity contribution in [3.63, 3.8) is 0 Å². The van der Waals surface area contributed by atoms with E-state index < -0.39 is 0 Å². The molecule has 168 valence electrons. The second-order valence-corrected chi connectivity index (χ2v) is 8.79. The smallest absolute Gasteiger partial charge is 0.310 e. The van der Waals surface area contributed by atoms with Gasteiger partial charge in [0.1, 0.15) is 6.10 Å². The van der Waals surface area contributed by atoms with Crippen molar-refractivity contribution in [2.45, 2.75) is 45.9 Å². The predicted molar refractivity (Wildman–Crippen MR) is 120 cm³/mol. The molecule has 1 aliphatic carbocycles. The molecule has 2 aromatic rings. The van der Waals surface area contributed by atoms with E-state index in [1.54, 1.807) is 13.0 Å². The van der Waals surface area contributed by atoms with Crippen LogP contribution in [0, 0.1) is 17.8 Å². The lowest BCUT2D eigenvalue weighted by Gasteiger charge is -2.19. The molecule has 0 spiro atoms. The van der Waals surface area contributed by atoms with Crippen molar-refractivity contribution < 1.29 is 14.3 Å². The Balaban J connectivity index is 1.32. The fraction of sp³-hybridized carbons (Fsp3) is 0.440. The van der Waals surface area contributed by atoms with Crippen LogP contribution in [0.1, 0.15) is 37.9 Å². The van der Waals surface area contributed by atoms with E-state index in [-0.39, 0.29) is 35.6 Å². The lowest BCUT2D eigenvalue weighted by atomic mass is 9.86. The number of aromatic nitrogens is 3. The summed E-state index contributed by atoms with van der Waals surface area (Å²) in [6, 6.07) is 10.1. The number of hydrogen-bond acceptors (Lipinski definition) is 6. The summed E-state index contributed by atoms with van der Waals surface area (Å²) >= 11 is 0. The fourth-order valence-electron chi connectivity index (χ4n) is 4.56. The molecule has 1 aliphatic heterocycles. The molecule has 32 heavy (non-hydrogen) atoms. The van der Waals surface area contributed by atoms with Gasteiger partial charge in [0.2, 0.25) is 0 Å². The lowest BCUT2D eigenvalue weighted by Crippen LogP contribution is -2.31. The number of nitrogens with zero attached hydrogens (tertiary/aromatic N) is 3. The number of carbonyl (C=O) groups is 2. The van der Waals surface area contributed by atoms with Gasteiger partial charge in [0.15, 0.2) is 5.78 Å². The van der Waals surface area contributed by atoms with Gasteiger partial charge in [0.05, 0.1) is 24.4 Å². The van der Waals surface area contributed by atoms with Crippen LogP contribution in [0.4, 0.5) is 0 Å². The van der Waals surface area contributed by atoms with Gasteiger partial charge in [-0.25, -0.2) is 4.68 Å². The Morgan fingerprint density at radius 1 is 1.31 bits per heavy atom.